The van der Waals surface area contributed by atoms with Gasteiger partial charge in [-0.05, 0) is 38.3 Å². The van der Waals surface area contributed by atoms with Crippen molar-refractivity contribution in [1.29, 1.82) is 0 Å². The van der Waals surface area contributed by atoms with Gasteiger partial charge in [0.15, 0.2) is 5.96 Å². The third kappa shape index (κ3) is 5.68. The molecule has 18 heavy (non-hydrogen) atoms. The second-order valence-corrected chi connectivity index (χ2v) is 5.37. The lowest BCUT2D eigenvalue weighted by atomic mass is 10.1. The molecule has 0 aliphatic rings. The lowest BCUT2D eigenvalue weighted by Crippen LogP contribution is -2.45. The Morgan fingerprint density at radius 3 is 2.28 bits per heavy atom. The van der Waals surface area contributed by atoms with Gasteiger partial charge in [-0.15, -0.1) is 0 Å². The van der Waals surface area contributed by atoms with Crippen LogP contribution < -0.4 is 11.1 Å². The Morgan fingerprint density at radius 2 is 1.78 bits per heavy atom. The van der Waals surface area contributed by atoms with Crippen LogP contribution in [0.4, 0.5) is 0 Å². The van der Waals surface area contributed by atoms with Gasteiger partial charge >= 0.3 is 0 Å². The summed E-state index contributed by atoms with van der Waals surface area (Å²) in [6.07, 6.45) is 0.845. The topological polar surface area (TPSA) is 70.6 Å². The molecule has 4 N–H and O–H groups in total. The van der Waals surface area contributed by atoms with E-state index in [1.54, 1.807) is 0 Å². The lowest BCUT2D eigenvalue weighted by Gasteiger charge is -2.20. The zero-order chi connectivity index (χ0) is 13.6. The first-order valence-electron chi connectivity index (χ1n) is 6.17. The quantitative estimate of drug-likeness (QED) is 0.558. The zero-order valence-corrected chi connectivity index (χ0v) is 11.4. The van der Waals surface area contributed by atoms with Gasteiger partial charge in [-0.3, -0.25) is 4.99 Å². The van der Waals surface area contributed by atoms with Crippen molar-refractivity contribution in [1.82, 2.24) is 5.32 Å². The van der Waals surface area contributed by atoms with E-state index in [4.69, 9.17) is 10.8 Å². The Kier molecular flexibility index (Phi) is 5.16. The van der Waals surface area contributed by atoms with Crippen LogP contribution in [0.25, 0.3) is 0 Å². The van der Waals surface area contributed by atoms with E-state index in [2.05, 4.69) is 10.3 Å². The normalized spacial score (nSPS) is 12.6. The molecule has 0 aliphatic heterocycles. The number of guanidine groups is 1. The van der Waals surface area contributed by atoms with E-state index in [0.717, 1.165) is 12.0 Å². The lowest BCUT2D eigenvalue weighted by molar-refractivity contribution is 0.282. The van der Waals surface area contributed by atoms with Crippen LogP contribution in [0.3, 0.4) is 0 Å². The van der Waals surface area contributed by atoms with E-state index < -0.39 is 0 Å². The van der Waals surface area contributed by atoms with Crippen molar-refractivity contribution < 1.29 is 5.11 Å². The SMILES string of the molecule is CC(C)(C)NC(N)=NCCc1ccc(CO)cc1. The van der Waals surface area contributed by atoms with Gasteiger partial charge in [0, 0.05) is 12.1 Å². The van der Waals surface area contributed by atoms with E-state index in [1.807, 2.05) is 45.0 Å². The Morgan fingerprint density at radius 1 is 1.22 bits per heavy atom. The Hall–Kier alpha value is -1.55. The van der Waals surface area contributed by atoms with Gasteiger partial charge in [0.1, 0.15) is 0 Å². The first-order chi connectivity index (χ1) is 8.40. The number of nitrogens with two attached hydrogens (primary N) is 1. The van der Waals surface area contributed by atoms with E-state index in [-0.39, 0.29) is 12.1 Å². The molecule has 0 saturated heterocycles. The predicted molar refractivity (Wildman–Crippen MR) is 75.4 cm³/mol. The summed E-state index contributed by atoms with van der Waals surface area (Å²) in [4.78, 5) is 4.28. The van der Waals surface area contributed by atoms with Gasteiger partial charge in [0.2, 0.25) is 0 Å². The number of nitrogens with one attached hydrogen (secondary N) is 1. The van der Waals surface area contributed by atoms with Crippen molar-refractivity contribution in [3.63, 3.8) is 0 Å². The molecule has 0 atom stereocenters. The summed E-state index contributed by atoms with van der Waals surface area (Å²) in [6, 6.07) is 7.87. The molecule has 0 unspecified atom stereocenters. The summed E-state index contributed by atoms with van der Waals surface area (Å²) in [5.41, 5.74) is 7.84. The van der Waals surface area contributed by atoms with Gasteiger partial charge in [-0.1, -0.05) is 24.3 Å². The monoisotopic (exact) mass is 249 g/mol. The van der Waals surface area contributed by atoms with Gasteiger partial charge in [0.25, 0.3) is 0 Å². The van der Waals surface area contributed by atoms with Crippen molar-refractivity contribution in [3.8, 4) is 0 Å². The smallest absolute Gasteiger partial charge is 0.188 e. The van der Waals surface area contributed by atoms with Gasteiger partial charge in [-0.2, -0.15) is 0 Å². The van der Waals surface area contributed by atoms with Crippen LogP contribution in [0, 0.1) is 0 Å². The molecule has 1 rings (SSSR count). The fraction of sp³-hybridized carbons (Fsp3) is 0.500. The van der Waals surface area contributed by atoms with Crippen molar-refractivity contribution >= 4 is 5.96 Å². The molecule has 0 heterocycles. The van der Waals surface area contributed by atoms with Crippen LogP contribution in [0.15, 0.2) is 29.3 Å². The molecule has 0 aromatic heterocycles. The number of hydrogen-bond acceptors (Lipinski definition) is 2. The molecule has 100 valence electrons. The Balaban J connectivity index is 2.42. The number of hydrogen-bond donors (Lipinski definition) is 3. The van der Waals surface area contributed by atoms with Crippen LogP contribution in [0.1, 0.15) is 31.9 Å². The number of nitrogens with zero attached hydrogens (tertiary/aromatic N) is 1. The van der Waals surface area contributed by atoms with E-state index in [9.17, 15) is 0 Å². The Bertz CT molecular complexity index is 390. The maximum absolute atomic E-state index is 8.94. The minimum absolute atomic E-state index is 0.0592. The van der Waals surface area contributed by atoms with Crippen molar-refractivity contribution in [2.45, 2.75) is 39.3 Å². The largest absolute Gasteiger partial charge is 0.392 e. The molecule has 0 saturated carbocycles. The van der Waals surface area contributed by atoms with Crippen molar-refractivity contribution in [2.24, 2.45) is 10.7 Å². The summed E-state index contributed by atoms with van der Waals surface area (Å²) in [6.45, 7) is 6.88. The first-order valence-corrected chi connectivity index (χ1v) is 6.17. The Labute approximate surface area is 109 Å². The third-order valence-electron chi connectivity index (χ3n) is 2.39. The van der Waals surface area contributed by atoms with Gasteiger partial charge in [0.05, 0.1) is 6.61 Å². The van der Waals surface area contributed by atoms with Gasteiger partial charge < -0.3 is 16.2 Å². The molecule has 0 radical (unpaired) electrons. The predicted octanol–water partition coefficient (Wildman–Crippen LogP) is 1.42. The van der Waals surface area contributed by atoms with Crippen molar-refractivity contribution in [2.75, 3.05) is 6.54 Å². The number of aliphatic hydroxyl groups is 1. The number of aliphatic imine (C=N–C) groups is 1. The molecule has 0 amide bonds. The van der Waals surface area contributed by atoms with E-state index in [0.29, 0.717) is 12.5 Å². The van der Waals surface area contributed by atoms with Crippen molar-refractivity contribution in [3.05, 3.63) is 35.4 Å². The fourth-order valence-corrected chi connectivity index (χ4v) is 1.54. The standard InChI is InChI=1S/C14H23N3O/c1-14(2,3)17-13(15)16-9-8-11-4-6-12(10-18)7-5-11/h4-7,18H,8-10H2,1-3H3,(H3,15,16,17). The first kappa shape index (κ1) is 14.5. The summed E-state index contributed by atoms with van der Waals surface area (Å²) < 4.78 is 0. The van der Waals surface area contributed by atoms with Crippen LogP contribution >= 0.6 is 0 Å². The molecule has 1 aromatic rings. The minimum atomic E-state index is -0.0592. The summed E-state index contributed by atoms with van der Waals surface area (Å²) in [5, 5.41) is 12.1. The summed E-state index contributed by atoms with van der Waals surface area (Å²) in [5.74, 6) is 0.481. The highest BCUT2D eigenvalue weighted by Gasteiger charge is 2.09. The fourth-order valence-electron chi connectivity index (χ4n) is 1.54. The highest BCUT2D eigenvalue weighted by atomic mass is 16.3. The molecule has 0 spiro atoms. The third-order valence-corrected chi connectivity index (χ3v) is 2.39. The van der Waals surface area contributed by atoms with Crippen LogP contribution in [0.5, 0.6) is 0 Å². The highest BCUT2D eigenvalue weighted by Crippen LogP contribution is 2.05. The molecule has 0 bridgehead atoms. The molecule has 1 aromatic carbocycles. The highest BCUT2D eigenvalue weighted by molar-refractivity contribution is 5.78. The van der Waals surface area contributed by atoms with Gasteiger partial charge in [-0.25, -0.2) is 0 Å². The summed E-state index contributed by atoms with van der Waals surface area (Å²) in [7, 11) is 0. The van der Waals surface area contributed by atoms with Crippen LogP contribution in [0.2, 0.25) is 0 Å². The number of aliphatic hydroxyl groups excluding tert-OH is 1. The number of rotatable bonds is 4. The van der Waals surface area contributed by atoms with E-state index in [1.165, 1.54) is 5.56 Å². The molecule has 4 nitrogen and oxygen atoms in total. The van der Waals surface area contributed by atoms with Crippen LogP contribution in [-0.4, -0.2) is 23.1 Å². The van der Waals surface area contributed by atoms with E-state index >= 15 is 0 Å². The zero-order valence-electron chi connectivity index (χ0n) is 11.4. The summed E-state index contributed by atoms with van der Waals surface area (Å²) >= 11 is 0. The molecule has 0 fully saturated rings. The average molecular weight is 249 g/mol. The van der Waals surface area contributed by atoms with Crippen LogP contribution in [-0.2, 0) is 13.0 Å². The molecular formula is C14H23N3O. The second kappa shape index (κ2) is 6.40. The molecule has 0 aliphatic carbocycles. The molecule has 4 heteroatoms. The number of benzene rings is 1. The minimum Gasteiger partial charge on any atom is -0.392 e. The second-order valence-electron chi connectivity index (χ2n) is 5.37. The maximum Gasteiger partial charge on any atom is 0.188 e. The maximum atomic E-state index is 8.94. The average Bonchev–Trinajstić information content (AvgIpc) is 2.27. The molecular weight excluding hydrogens is 226 g/mol.